The molecule has 12 rings (SSSR count). The number of aromatic nitrogens is 6. The maximum atomic E-state index is 5.23. The zero-order valence-corrected chi connectivity index (χ0v) is 29.9. The van der Waals surface area contributed by atoms with Gasteiger partial charge in [-0.1, -0.05) is 109 Å². The zero-order valence-electron chi connectivity index (χ0n) is 29.9. The third kappa shape index (κ3) is 4.52. The van der Waals surface area contributed by atoms with Gasteiger partial charge in [0.05, 0.1) is 38.8 Å². The van der Waals surface area contributed by atoms with Crippen LogP contribution in [0, 0.1) is 0 Å². The summed E-state index contributed by atoms with van der Waals surface area (Å²) < 4.78 is 0. The molecule has 55 heavy (non-hydrogen) atoms. The van der Waals surface area contributed by atoms with E-state index in [2.05, 4.69) is 155 Å². The van der Waals surface area contributed by atoms with Crippen molar-refractivity contribution in [1.82, 2.24) is 30.1 Å². The summed E-state index contributed by atoms with van der Waals surface area (Å²) in [5, 5.41) is 15.5. The van der Waals surface area contributed by atoms with Crippen LogP contribution in [0.2, 0.25) is 0 Å². The second-order valence-electron chi connectivity index (χ2n) is 14.9. The van der Waals surface area contributed by atoms with Gasteiger partial charge < -0.3 is 9.97 Å². The summed E-state index contributed by atoms with van der Waals surface area (Å²) in [5.41, 5.74) is 15.4. The average molecular weight is 707 g/mol. The van der Waals surface area contributed by atoms with Gasteiger partial charge in [0.25, 0.3) is 0 Å². The number of aromatic amines is 3. The largest absolute Gasteiger partial charge is 0.351 e. The van der Waals surface area contributed by atoms with E-state index in [4.69, 9.17) is 15.1 Å². The fourth-order valence-electron chi connectivity index (χ4n) is 9.51. The van der Waals surface area contributed by atoms with Crippen molar-refractivity contribution in [2.75, 3.05) is 0 Å². The Morgan fingerprint density at radius 2 is 1.31 bits per heavy atom. The molecule has 11 aromatic rings. The molecule has 0 saturated heterocycles. The number of nitrogens with zero attached hydrogens (tertiary/aromatic N) is 3. The van der Waals surface area contributed by atoms with Crippen LogP contribution in [0.1, 0.15) is 35.4 Å². The van der Waals surface area contributed by atoms with Gasteiger partial charge in [-0.2, -0.15) is 5.10 Å². The first-order valence-electron chi connectivity index (χ1n) is 19.1. The second kappa shape index (κ2) is 11.7. The molecule has 1 aliphatic carbocycles. The molecule has 0 saturated carbocycles. The van der Waals surface area contributed by atoms with Crippen LogP contribution in [-0.4, -0.2) is 30.1 Å². The van der Waals surface area contributed by atoms with Gasteiger partial charge in [-0.15, -0.1) is 0 Å². The SMILES string of the molecule is c1ccc2c(c1)CCCC2c1c(-c2n[nH]c3ccccc23)c2c(-c3cccc4nc5ccccc5cc34)c(-c3nc4ccccc4[nH]3)[nH]c2c2ccccc12. The van der Waals surface area contributed by atoms with Crippen molar-refractivity contribution in [1.29, 1.82) is 0 Å². The number of aryl methyl sites for hydroxylation is 1. The fourth-order valence-corrected chi connectivity index (χ4v) is 9.51. The van der Waals surface area contributed by atoms with Gasteiger partial charge in [0.1, 0.15) is 5.69 Å². The van der Waals surface area contributed by atoms with Crippen molar-refractivity contribution in [3.05, 3.63) is 162 Å². The number of hydrogen-bond donors (Lipinski definition) is 3. The molecular weight excluding hydrogens is 673 g/mol. The highest BCUT2D eigenvalue weighted by Crippen LogP contribution is 2.53. The molecule has 0 fully saturated rings. The molecule has 0 amide bonds. The summed E-state index contributed by atoms with van der Waals surface area (Å²) in [6.45, 7) is 0. The number of H-pyrrole nitrogens is 3. The number of fused-ring (bicyclic) bond motifs is 8. The average Bonchev–Trinajstić information content (AvgIpc) is 3.98. The molecule has 6 heteroatoms. The van der Waals surface area contributed by atoms with Crippen LogP contribution >= 0.6 is 0 Å². The predicted molar refractivity (Wildman–Crippen MR) is 225 cm³/mol. The Kier molecular flexibility index (Phi) is 6.48. The summed E-state index contributed by atoms with van der Waals surface area (Å²) in [4.78, 5) is 18.2. The van der Waals surface area contributed by atoms with E-state index in [0.717, 1.165) is 108 Å². The highest BCUT2D eigenvalue weighted by atomic mass is 15.1. The molecule has 0 bridgehead atoms. The van der Waals surface area contributed by atoms with Crippen molar-refractivity contribution in [3.8, 4) is 33.9 Å². The number of nitrogens with one attached hydrogen (secondary N) is 3. The van der Waals surface area contributed by atoms with Crippen molar-refractivity contribution < 1.29 is 0 Å². The number of imidazole rings is 1. The highest BCUT2D eigenvalue weighted by molar-refractivity contribution is 6.25. The van der Waals surface area contributed by atoms with Crippen LogP contribution in [0.3, 0.4) is 0 Å². The Morgan fingerprint density at radius 3 is 2.22 bits per heavy atom. The summed E-state index contributed by atoms with van der Waals surface area (Å²) in [6, 6.07) is 52.0. The Bertz CT molecular complexity index is 3290. The van der Waals surface area contributed by atoms with E-state index >= 15 is 0 Å². The van der Waals surface area contributed by atoms with Gasteiger partial charge in [0, 0.05) is 44.0 Å². The van der Waals surface area contributed by atoms with Crippen molar-refractivity contribution >= 4 is 65.4 Å². The molecule has 1 aliphatic rings. The first-order valence-corrected chi connectivity index (χ1v) is 19.1. The molecule has 6 nitrogen and oxygen atoms in total. The molecule has 0 radical (unpaired) electrons. The van der Waals surface area contributed by atoms with Gasteiger partial charge in [0.2, 0.25) is 0 Å². The van der Waals surface area contributed by atoms with Crippen LogP contribution in [0.5, 0.6) is 0 Å². The monoisotopic (exact) mass is 706 g/mol. The lowest BCUT2D eigenvalue weighted by atomic mass is 9.74. The molecule has 4 heterocycles. The molecule has 1 atom stereocenters. The predicted octanol–water partition coefficient (Wildman–Crippen LogP) is 12.2. The number of pyridine rings is 1. The molecule has 7 aromatic carbocycles. The van der Waals surface area contributed by atoms with Crippen LogP contribution in [0.25, 0.3) is 99.3 Å². The maximum absolute atomic E-state index is 5.23. The van der Waals surface area contributed by atoms with Crippen molar-refractivity contribution in [3.63, 3.8) is 0 Å². The Morgan fingerprint density at radius 1 is 0.564 bits per heavy atom. The summed E-state index contributed by atoms with van der Waals surface area (Å²) in [7, 11) is 0. The Hall–Kier alpha value is -7.05. The minimum atomic E-state index is 0.181. The van der Waals surface area contributed by atoms with E-state index in [0.29, 0.717) is 0 Å². The Balaban J connectivity index is 1.32. The second-order valence-corrected chi connectivity index (χ2v) is 14.9. The minimum absolute atomic E-state index is 0.181. The first kappa shape index (κ1) is 30.4. The lowest BCUT2D eigenvalue weighted by molar-refractivity contribution is 0.620. The topological polar surface area (TPSA) is 86.0 Å². The molecule has 1 unspecified atom stereocenters. The first-order chi connectivity index (χ1) is 27.3. The van der Waals surface area contributed by atoms with Gasteiger partial charge in [0.15, 0.2) is 5.82 Å². The molecular formula is C49H34N6. The van der Waals surface area contributed by atoms with Crippen LogP contribution < -0.4 is 0 Å². The number of rotatable bonds is 4. The summed E-state index contributed by atoms with van der Waals surface area (Å²) >= 11 is 0. The van der Waals surface area contributed by atoms with E-state index in [-0.39, 0.29) is 5.92 Å². The zero-order chi connectivity index (χ0) is 36.0. The van der Waals surface area contributed by atoms with E-state index in [1.807, 2.05) is 6.07 Å². The molecule has 3 N–H and O–H groups in total. The molecule has 0 spiro atoms. The molecule has 0 aliphatic heterocycles. The number of hydrogen-bond acceptors (Lipinski definition) is 3. The van der Waals surface area contributed by atoms with Gasteiger partial charge in [-0.25, -0.2) is 9.97 Å². The molecule has 260 valence electrons. The van der Waals surface area contributed by atoms with Crippen LogP contribution in [0.15, 0.2) is 146 Å². The minimum Gasteiger partial charge on any atom is -0.351 e. The fraction of sp³-hybridized carbons (Fsp3) is 0.0816. The van der Waals surface area contributed by atoms with E-state index in [9.17, 15) is 0 Å². The normalized spacial score (nSPS) is 14.5. The van der Waals surface area contributed by atoms with Crippen molar-refractivity contribution in [2.45, 2.75) is 25.2 Å². The summed E-state index contributed by atoms with van der Waals surface area (Å²) in [5.74, 6) is 0.977. The van der Waals surface area contributed by atoms with Crippen molar-refractivity contribution in [2.24, 2.45) is 0 Å². The van der Waals surface area contributed by atoms with Gasteiger partial charge >= 0.3 is 0 Å². The lowest BCUT2D eigenvalue weighted by Crippen LogP contribution is -2.13. The summed E-state index contributed by atoms with van der Waals surface area (Å²) in [6.07, 6.45) is 3.28. The lowest BCUT2D eigenvalue weighted by Gasteiger charge is -2.29. The quantitative estimate of drug-likeness (QED) is 0.159. The third-order valence-electron chi connectivity index (χ3n) is 11.9. The third-order valence-corrected chi connectivity index (χ3v) is 11.9. The van der Waals surface area contributed by atoms with E-state index in [1.165, 1.54) is 27.5 Å². The number of para-hydroxylation sites is 4. The smallest absolute Gasteiger partial charge is 0.155 e. The highest BCUT2D eigenvalue weighted by Gasteiger charge is 2.33. The Labute approximate surface area is 315 Å². The van der Waals surface area contributed by atoms with Gasteiger partial charge in [-0.05, 0) is 83.3 Å². The van der Waals surface area contributed by atoms with Crippen LogP contribution in [-0.2, 0) is 6.42 Å². The number of benzene rings is 7. The van der Waals surface area contributed by atoms with Crippen LogP contribution in [0.4, 0.5) is 0 Å². The van der Waals surface area contributed by atoms with E-state index in [1.54, 1.807) is 0 Å². The maximum Gasteiger partial charge on any atom is 0.155 e. The standard InChI is InChI=1S/C49H34N6/c1-3-16-30-28(13-1)15-11-20-31(30)42-32-17-4-5-18-34(32)46-45(44(42)47-35-19-6-8-23-39(35)54-55-47)43(48(53-46)49-51-40-24-9-10-25-41(40)52-49)33-21-12-26-38-36(33)27-29-14-2-7-22-37(29)50-38/h1-10,12-14,16-19,21-27,31,53H,11,15,20H2,(H,51,52)(H,54,55). The van der Waals surface area contributed by atoms with E-state index < -0.39 is 0 Å². The van der Waals surface area contributed by atoms with Gasteiger partial charge in [-0.3, -0.25) is 5.10 Å². The molecule has 4 aromatic heterocycles.